The molecule has 2 aromatic heterocycles. The molecule has 2 heterocycles. The highest BCUT2D eigenvalue weighted by atomic mass is 19.1. The van der Waals surface area contributed by atoms with Gasteiger partial charge in [-0.15, -0.1) is 0 Å². The minimum absolute atomic E-state index is 0.189. The number of hydrogen-bond donors (Lipinski definition) is 2. The summed E-state index contributed by atoms with van der Waals surface area (Å²) in [5, 5.41) is 32.3. The summed E-state index contributed by atoms with van der Waals surface area (Å²) in [5.74, 6) is 0.348. The highest BCUT2D eigenvalue weighted by Gasteiger charge is 2.66. The molecule has 0 radical (unpaired) electrons. The average molecular weight is 415 g/mol. The van der Waals surface area contributed by atoms with Crippen molar-refractivity contribution in [2.24, 2.45) is 5.41 Å². The molecule has 2 aliphatic carbocycles. The molecular weight excluding hydrogens is 393 g/mol. The molecule has 31 heavy (non-hydrogen) atoms. The molecule has 3 atom stereocenters. The standard InChI is InChI=1S/C24H22FN5O/c1-23(2)17-9-10-24(23,22(31)28-20-8-7-14(12-26)13-27-20)21-16(17)11-19(29-30-21)15-5-3-4-6-18(15)25/h3-8,11,13,17,22,31H,9-10H2,1-2H3,(H,27,28)/t17-,22?,24+/m1/s1. The molecule has 2 bridgehead atoms. The molecule has 2 N–H and O–H groups in total. The van der Waals surface area contributed by atoms with Gasteiger partial charge in [0.15, 0.2) is 0 Å². The van der Waals surface area contributed by atoms with E-state index in [4.69, 9.17) is 5.26 Å². The molecule has 156 valence electrons. The Morgan fingerprint density at radius 3 is 2.74 bits per heavy atom. The number of nitrogens with zero attached hydrogens (tertiary/aromatic N) is 4. The number of halogens is 1. The third-order valence-corrected chi connectivity index (χ3v) is 7.26. The molecule has 1 aromatic carbocycles. The maximum Gasteiger partial charge on any atom is 0.137 e. The van der Waals surface area contributed by atoms with E-state index in [1.807, 2.05) is 12.1 Å². The molecular formula is C24H22FN5O. The van der Waals surface area contributed by atoms with Crippen LogP contribution < -0.4 is 5.32 Å². The lowest BCUT2D eigenvalue weighted by atomic mass is 9.67. The minimum Gasteiger partial charge on any atom is -0.373 e. The van der Waals surface area contributed by atoms with E-state index in [0.29, 0.717) is 22.6 Å². The van der Waals surface area contributed by atoms with E-state index in [0.717, 1.165) is 24.1 Å². The van der Waals surface area contributed by atoms with Crippen LogP contribution in [0.15, 0.2) is 48.7 Å². The quantitative estimate of drug-likeness (QED) is 0.622. The van der Waals surface area contributed by atoms with E-state index in [2.05, 4.69) is 34.3 Å². The zero-order valence-corrected chi connectivity index (χ0v) is 17.3. The predicted octanol–water partition coefficient (Wildman–Crippen LogP) is 4.13. The first-order chi connectivity index (χ1) is 14.9. The average Bonchev–Trinajstić information content (AvgIpc) is 3.16. The Morgan fingerprint density at radius 2 is 2.03 bits per heavy atom. The van der Waals surface area contributed by atoms with Gasteiger partial charge in [0.2, 0.25) is 0 Å². The number of aliphatic hydroxyl groups excluding tert-OH is 1. The van der Waals surface area contributed by atoms with E-state index in [1.54, 1.807) is 30.3 Å². The van der Waals surface area contributed by atoms with Crippen molar-refractivity contribution in [3.05, 3.63) is 71.3 Å². The van der Waals surface area contributed by atoms with Gasteiger partial charge in [0.25, 0.3) is 0 Å². The number of fused-ring (bicyclic) bond motifs is 5. The first-order valence-corrected chi connectivity index (χ1v) is 10.3. The fraction of sp³-hybridized carbons (Fsp3) is 0.333. The smallest absolute Gasteiger partial charge is 0.137 e. The van der Waals surface area contributed by atoms with E-state index in [1.165, 1.54) is 12.3 Å². The summed E-state index contributed by atoms with van der Waals surface area (Å²) < 4.78 is 14.3. The number of nitriles is 1. The van der Waals surface area contributed by atoms with Crippen molar-refractivity contribution in [3.8, 4) is 17.3 Å². The Bertz CT molecular complexity index is 1200. The molecule has 1 saturated carbocycles. The second-order valence-corrected chi connectivity index (χ2v) is 8.89. The highest BCUT2D eigenvalue weighted by molar-refractivity contribution is 5.62. The van der Waals surface area contributed by atoms with Gasteiger partial charge >= 0.3 is 0 Å². The van der Waals surface area contributed by atoms with Crippen molar-refractivity contribution in [1.29, 1.82) is 5.26 Å². The summed E-state index contributed by atoms with van der Waals surface area (Å²) in [6, 6.07) is 13.9. The fourth-order valence-corrected chi connectivity index (χ4v) is 5.58. The maximum absolute atomic E-state index is 14.3. The lowest BCUT2D eigenvalue weighted by molar-refractivity contribution is 0.0414. The van der Waals surface area contributed by atoms with Gasteiger partial charge in [-0.25, -0.2) is 9.37 Å². The summed E-state index contributed by atoms with van der Waals surface area (Å²) in [5.41, 5.74) is 2.25. The maximum atomic E-state index is 14.3. The topological polar surface area (TPSA) is 94.7 Å². The van der Waals surface area contributed by atoms with Crippen molar-refractivity contribution in [3.63, 3.8) is 0 Å². The van der Waals surface area contributed by atoms with Crippen molar-refractivity contribution >= 4 is 5.82 Å². The summed E-state index contributed by atoms with van der Waals surface area (Å²) in [4.78, 5) is 4.24. The molecule has 1 fully saturated rings. The third kappa shape index (κ3) is 2.68. The van der Waals surface area contributed by atoms with Gasteiger partial charge in [0.05, 0.1) is 22.4 Å². The van der Waals surface area contributed by atoms with Gasteiger partial charge in [-0.3, -0.25) is 0 Å². The van der Waals surface area contributed by atoms with Crippen molar-refractivity contribution in [2.45, 2.75) is 44.2 Å². The van der Waals surface area contributed by atoms with Crippen LogP contribution in [0, 0.1) is 22.6 Å². The second kappa shape index (κ2) is 6.82. The molecule has 3 aromatic rings. The summed E-state index contributed by atoms with van der Waals surface area (Å²) in [7, 11) is 0. The zero-order valence-electron chi connectivity index (χ0n) is 17.3. The Hall–Kier alpha value is -3.37. The van der Waals surface area contributed by atoms with E-state index >= 15 is 0 Å². The van der Waals surface area contributed by atoms with Gasteiger partial charge in [-0.1, -0.05) is 26.0 Å². The van der Waals surface area contributed by atoms with Gasteiger partial charge in [-0.2, -0.15) is 15.5 Å². The van der Waals surface area contributed by atoms with Crippen LogP contribution in [0.5, 0.6) is 0 Å². The van der Waals surface area contributed by atoms with Gasteiger partial charge in [0.1, 0.15) is 23.9 Å². The number of benzene rings is 1. The Kier molecular flexibility index (Phi) is 4.31. The molecule has 0 amide bonds. The molecule has 7 heteroatoms. The molecule has 0 aliphatic heterocycles. The molecule has 5 rings (SSSR count). The Morgan fingerprint density at radius 1 is 1.23 bits per heavy atom. The number of hydrogen-bond acceptors (Lipinski definition) is 6. The molecule has 0 saturated heterocycles. The lowest BCUT2D eigenvalue weighted by Gasteiger charge is -2.41. The van der Waals surface area contributed by atoms with E-state index < -0.39 is 11.6 Å². The highest BCUT2D eigenvalue weighted by Crippen LogP contribution is 2.68. The Labute approximate surface area is 179 Å². The van der Waals surface area contributed by atoms with E-state index in [9.17, 15) is 9.50 Å². The van der Waals surface area contributed by atoms with Gasteiger partial charge < -0.3 is 10.4 Å². The van der Waals surface area contributed by atoms with Gasteiger partial charge in [-0.05, 0) is 60.1 Å². The lowest BCUT2D eigenvalue weighted by Crippen LogP contribution is -2.50. The summed E-state index contributed by atoms with van der Waals surface area (Å²) >= 11 is 0. The summed E-state index contributed by atoms with van der Waals surface area (Å²) in [6.07, 6.45) is 2.19. The molecule has 6 nitrogen and oxygen atoms in total. The van der Waals surface area contributed by atoms with Crippen LogP contribution in [0.1, 0.15) is 49.4 Å². The van der Waals surface area contributed by atoms with Crippen LogP contribution in [0.2, 0.25) is 0 Å². The number of aromatic nitrogens is 3. The number of aliphatic hydroxyl groups is 1. The SMILES string of the molecule is CC1(C)[C@@H]2CC[C@@]1(C(O)Nc1ccc(C#N)cn1)c1nnc(-c3ccccc3F)cc12. The van der Waals surface area contributed by atoms with Crippen LogP contribution in [-0.2, 0) is 5.41 Å². The van der Waals surface area contributed by atoms with Crippen LogP contribution in [0.25, 0.3) is 11.3 Å². The number of rotatable bonds is 4. The van der Waals surface area contributed by atoms with Crippen LogP contribution in [0.3, 0.4) is 0 Å². The van der Waals surface area contributed by atoms with Crippen LogP contribution in [-0.4, -0.2) is 26.5 Å². The Balaban J connectivity index is 1.55. The largest absolute Gasteiger partial charge is 0.373 e. The number of pyridine rings is 1. The van der Waals surface area contributed by atoms with Crippen molar-refractivity contribution in [1.82, 2.24) is 15.2 Å². The predicted molar refractivity (Wildman–Crippen MR) is 113 cm³/mol. The fourth-order valence-electron chi connectivity index (χ4n) is 5.58. The van der Waals surface area contributed by atoms with Gasteiger partial charge in [0, 0.05) is 11.8 Å². The molecule has 2 aliphatic rings. The first kappa shape index (κ1) is 19.6. The van der Waals surface area contributed by atoms with E-state index in [-0.39, 0.29) is 17.2 Å². The molecule has 1 unspecified atom stereocenters. The zero-order chi connectivity index (χ0) is 21.8. The van der Waals surface area contributed by atoms with Crippen molar-refractivity contribution < 1.29 is 9.50 Å². The normalized spacial score (nSPS) is 23.8. The second-order valence-electron chi connectivity index (χ2n) is 8.89. The monoisotopic (exact) mass is 415 g/mol. The first-order valence-electron chi connectivity index (χ1n) is 10.3. The third-order valence-electron chi connectivity index (χ3n) is 7.26. The minimum atomic E-state index is -0.942. The van der Waals surface area contributed by atoms with Crippen LogP contribution >= 0.6 is 0 Å². The molecule has 0 spiro atoms. The number of anilines is 1. The van der Waals surface area contributed by atoms with Crippen LogP contribution in [0.4, 0.5) is 10.2 Å². The van der Waals surface area contributed by atoms with Crippen molar-refractivity contribution in [2.75, 3.05) is 5.32 Å². The number of nitrogens with one attached hydrogen (secondary N) is 1. The summed E-state index contributed by atoms with van der Waals surface area (Å²) in [6.45, 7) is 4.29.